The molecule has 0 aliphatic rings. The fourth-order valence-electron chi connectivity index (χ4n) is 1.89. The van der Waals surface area contributed by atoms with Gasteiger partial charge in [-0.2, -0.15) is 5.10 Å². The SMILES string of the molecule is O=C(N/N=C\c1cccc(Cl)c1)c1ccc2nc[nH]c2c1. The third-order valence-electron chi connectivity index (χ3n) is 2.91. The molecule has 2 N–H and O–H groups in total. The van der Waals surface area contributed by atoms with Crippen molar-refractivity contribution in [2.45, 2.75) is 0 Å². The summed E-state index contributed by atoms with van der Waals surface area (Å²) in [6.07, 6.45) is 3.13. The Morgan fingerprint density at radius 1 is 1.29 bits per heavy atom. The second-order valence-electron chi connectivity index (χ2n) is 4.39. The Balaban J connectivity index is 1.71. The molecule has 0 aliphatic carbocycles. The van der Waals surface area contributed by atoms with Crippen LogP contribution in [0.1, 0.15) is 15.9 Å². The van der Waals surface area contributed by atoms with Gasteiger partial charge in [-0.1, -0.05) is 23.7 Å². The van der Waals surface area contributed by atoms with Gasteiger partial charge in [0.15, 0.2) is 0 Å². The van der Waals surface area contributed by atoms with Crippen LogP contribution in [-0.4, -0.2) is 22.1 Å². The lowest BCUT2D eigenvalue weighted by molar-refractivity contribution is 0.0955. The second-order valence-corrected chi connectivity index (χ2v) is 4.83. The summed E-state index contributed by atoms with van der Waals surface area (Å²) in [5.41, 5.74) is 5.42. The maximum Gasteiger partial charge on any atom is 0.271 e. The van der Waals surface area contributed by atoms with E-state index in [9.17, 15) is 4.79 Å². The molecule has 5 nitrogen and oxygen atoms in total. The van der Waals surface area contributed by atoms with Gasteiger partial charge in [-0.15, -0.1) is 0 Å². The first-order valence-electron chi connectivity index (χ1n) is 6.24. The highest BCUT2D eigenvalue weighted by molar-refractivity contribution is 6.30. The maximum absolute atomic E-state index is 12.0. The molecule has 3 rings (SSSR count). The summed E-state index contributed by atoms with van der Waals surface area (Å²) in [6.45, 7) is 0. The highest BCUT2D eigenvalue weighted by Gasteiger charge is 2.06. The van der Waals surface area contributed by atoms with E-state index in [4.69, 9.17) is 11.6 Å². The van der Waals surface area contributed by atoms with Gasteiger partial charge >= 0.3 is 0 Å². The first kappa shape index (κ1) is 13.3. The number of nitrogens with one attached hydrogen (secondary N) is 2. The van der Waals surface area contributed by atoms with E-state index in [1.54, 1.807) is 42.9 Å². The fraction of sp³-hybridized carbons (Fsp3) is 0. The molecule has 0 spiro atoms. The number of halogens is 1. The number of hydrogen-bond acceptors (Lipinski definition) is 3. The first-order chi connectivity index (χ1) is 10.2. The zero-order chi connectivity index (χ0) is 14.7. The quantitative estimate of drug-likeness (QED) is 0.576. The molecule has 1 amide bonds. The third kappa shape index (κ3) is 3.09. The molecule has 3 aromatic rings. The molecule has 0 radical (unpaired) electrons. The van der Waals surface area contributed by atoms with E-state index < -0.39 is 0 Å². The molecule has 0 saturated heterocycles. The van der Waals surface area contributed by atoms with Crippen LogP contribution < -0.4 is 5.43 Å². The van der Waals surface area contributed by atoms with E-state index in [-0.39, 0.29) is 5.91 Å². The van der Waals surface area contributed by atoms with E-state index in [1.165, 1.54) is 0 Å². The van der Waals surface area contributed by atoms with Gasteiger partial charge < -0.3 is 4.98 Å². The van der Waals surface area contributed by atoms with E-state index >= 15 is 0 Å². The van der Waals surface area contributed by atoms with E-state index in [0.29, 0.717) is 10.6 Å². The molecule has 104 valence electrons. The minimum absolute atomic E-state index is 0.287. The monoisotopic (exact) mass is 298 g/mol. The zero-order valence-corrected chi connectivity index (χ0v) is 11.6. The standard InChI is InChI=1S/C15H11ClN4O/c16-12-3-1-2-10(6-12)8-19-20-15(21)11-4-5-13-14(7-11)18-9-17-13/h1-9H,(H,17,18)(H,20,21)/b19-8-. The van der Waals surface area contributed by atoms with Crippen LogP contribution in [0.4, 0.5) is 0 Å². The Morgan fingerprint density at radius 2 is 2.19 bits per heavy atom. The van der Waals surface area contributed by atoms with Crippen LogP contribution in [0, 0.1) is 0 Å². The summed E-state index contributed by atoms with van der Waals surface area (Å²) >= 11 is 5.87. The minimum atomic E-state index is -0.287. The normalized spacial score (nSPS) is 11.1. The van der Waals surface area contributed by atoms with Gasteiger partial charge in [0.05, 0.1) is 23.6 Å². The molecule has 1 aromatic heterocycles. The van der Waals surface area contributed by atoms with Crippen molar-refractivity contribution in [3.8, 4) is 0 Å². The molecule has 6 heteroatoms. The second kappa shape index (κ2) is 5.76. The first-order valence-corrected chi connectivity index (χ1v) is 6.62. The van der Waals surface area contributed by atoms with Crippen LogP contribution >= 0.6 is 11.6 Å². The van der Waals surface area contributed by atoms with Crippen molar-refractivity contribution in [1.29, 1.82) is 0 Å². The van der Waals surface area contributed by atoms with Gasteiger partial charge in [-0.3, -0.25) is 4.79 Å². The highest BCUT2D eigenvalue weighted by Crippen LogP contribution is 2.11. The van der Waals surface area contributed by atoms with Gasteiger partial charge in [0.2, 0.25) is 0 Å². The van der Waals surface area contributed by atoms with E-state index in [0.717, 1.165) is 16.6 Å². The molecule has 0 unspecified atom stereocenters. The van der Waals surface area contributed by atoms with Crippen molar-refractivity contribution < 1.29 is 4.79 Å². The lowest BCUT2D eigenvalue weighted by Crippen LogP contribution is -2.17. The number of carbonyl (C=O) groups is 1. The summed E-state index contributed by atoms with van der Waals surface area (Å²) in [6, 6.07) is 12.4. The van der Waals surface area contributed by atoms with Gasteiger partial charge in [-0.05, 0) is 35.9 Å². The van der Waals surface area contributed by atoms with Crippen LogP contribution in [-0.2, 0) is 0 Å². The van der Waals surface area contributed by atoms with Crippen molar-refractivity contribution in [2.24, 2.45) is 5.10 Å². The summed E-state index contributed by atoms with van der Waals surface area (Å²) in [4.78, 5) is 19.0. The molecule has 2 aromatic carbocycles. The number of hydrazone groups is 1. The average Bonchev–Trinajstić information content (AvgIpc) is 2.94. The van der Waals surface area contributed by atoms with Crippen molar-refractivity contribution in [3.05, 3.63) is 64.9 Å². The number of hydrogen-bond donors (Lipinski definition) is 2. The Labute approximate surface area is 125 Å². The van der Waals surface area contributed by atoms with Crippen molar-refractivity contribution in [3.63, 3.8) is 0 Å². The number of carbonyl (C=O) groups excluding carboxylic acids is 1. The Morgan fingerprint density at radius 3 is 3.05 bits per heavy atom. The third-order valence-corrected chi connectivity index (χ3v) is 3.15. The summed E-state index contributed by atoms with van der Waals surface area (Å²) in [5.74, 6) is -0.287. The van der Waals surface area contributed by atoms with Crippen LogP contribution in [0.15, 0.2) is 53.9 Å². The number of aromatic amines is 1. The van der Waals surface area contributed by atoms with Crippen molar-refractivity contribution in [1.82, 2.24) is 15.4 Å². The summed E-state index contributed by atoms with van der Waals surface area (Å²) < 4.78 is 0. The predicted octanol–water partition coefficient (Wildman–Crippen LogP) is 2.98. The molecular formula is C15H11ClN4O. The smallest absolute Gasteiger partial charge is 0.271 e. The summed E-state index contributed by atoms with van der Waals surface area (Å²) in [5, 5.41) is 4.54. The molecule has 21 heavy (non-hydrogen) atoms. The number of aromatic nitrogens is 2. The highest BCUT2D eigenvalue weighted by atomic mass is 35.5. The zero-order valence-electron chi connectivity index (χ0n) is 10.9. The minimum Gasteiger partial charge on any atom is -0.345 e. The van der Waals surface area contributed by atoms with Crippen LogP contribution in [0.3, 0.4) is 0 Å². The topological polar surface area (TPSA) is 70.1 Å². The maximum atomic E-state index is 12.0. The molecule has 0 saturated carbocycles. The van der Waals surface area contributed by atoms with Gasteiger partial charge in [0, 0.05) is 10.6 Å². The molecule has 1 heterocycles. The van der Waals surface area contributed by atoms with Crippen molar-refractivity contribution in [2.75, 3.05) is 0 Å². The Kier molecular flexibility index (Phi) is 3.66. The number of nitrogens with zero attached hydrogens (tertiary/aromatic N) is 2. The molecule has 0 atom stereocenters. The molecule has 0 bridgehead atoms. The predicted molar refractivity (Wildman–Crippen MR) is 82.6 cm³/mol. The van der Waals surface area contributed by atoms with Gasteiger partial charge in [-0.25, -0.2) is 10.4 Å². The molecular weight excluding hydrogens is 288 g/mol. The van der Waals surface area contributed by atoms with Crippen LogP contribution in [0.5, 0.6) is 0 Å². The number of benzene rings is 2. The van der Waals surface area contributed by atoms with E-state index in [1.807, 2.05) is 12.1 Å². The summed E-state index contributed by atoms with van der Waals surface area (Å²) in [7, 11) is 0. The number of imidazole rings is 1. The molecule has 0 fully saturated rings. The lowest BCUT2D eigenvalue weighted by atomic mass is 10.2. The van der Waals surface area contributed by atoms with Gasteiger partial charge in [0.1, 0.15) is 0 Å². The van der Waals surface area contributed by atoms with Crippen LogP contribution in [0.25, 0.3) is 11.0 Å². The number of amides is 1. The number of rotatable bonds is 3. The fourth-order valence-corrected chi connectivity index (χ4v) is 2.09. The van der Waals surface area contributed by atoms with Crippen LogP contribution in [0.2, 0.25) is 5.02 Å². The Hall–Kier alpha value is -2.66. The average molecular weight is 299 g/mol. The number of H-pyrrole nitrogens is 1. The van der Waals surface area contributed by atoms with Gasteiger partial charge in [0.25, 0.3) is 5.91 Å². The van der Waals surface area contributed by atoms with Crippen molar-refractivity contribution >= 4 is 34.8 Å². The van der Waals surface area contributed by atoms with E-state index in [2.05, 4.69) is 20.5 Å². The molecule has 0 aliphatic heterocycles. The number of fused-ring (bicyclic) bond motifs is 1. The Bertz CT molecular complexity index is 825. The largest absolute Gasteiger partial charge is 0.345 e. The lowest BCUT2D eigenvalue weighted by Gasteiger charge is -2.00.